The lowest BCUT2D eigenvalue weighted by Gasteiger charge is -2.16. The smallest absolute Gasteiger partial charge is 0.149 e. The highest BCUT2D eigenvalue weighted by atomic mass is 127. The molecule has 0 aliphatic carbocycles. The number of hydrogen-bond donors (Lipinski definition) is 0. The van der Waals surface area contributed by atoms with Crippen molar-refractivity contribution in [3.63, 3.8) is 0 Å². The Kier molecular flexibility index (Phi) is 5.04. The molecule has 2 nitrogen and oxygen atoms in total. The average Bonchev–Trinajstić information content (AvgIpc) is 2.00. The number of rotatable bonds is 4. The molecule has 3 heteroatoms. The highest BCUT2D eigenvalue weighted by Gasteiger charge is 2.20. The van der Waals surface area contributed by atoms with Crippen molar-refractivity contribution in [3.8, 4) is 0 Å². The van der Waals surface area contributed by atoms with Gasteiger partial charge in [-0.3, -0.25) is 9.98 Å². The van der Waals surface area contributed by atoms with E-state index in [9.17, 15) is 0 Å². The van der Waals surface area contributed by atoms with E-state index < -0.39 is 0 Å². The maximum Gasteiger partial charge on any atom is 0.149 e. The normalized spacial score (nSPS) is 16.6. The highest BCUT2D eigenvalue weighted by molar-refractivity contribution is 14.1. The summed E-state index contributed by atoms with van der Waals surface area (Å²) in [6.45, 7) is 11.2. The first-order valence-electron chi connectivity index (χ1n) is 3.58. The summed E-state index contributed by atoms with van der Waals surface area (Å²) in [7, 11) is 0. The molecule has 0 aliphatic rings. The highest BCUT2D eigenvalue weighted by Crippen LogP contribution is 2.28. The topological polar surface area (TPSA) is 24.7 Å². The lowest BCUT2D eigenvalue weighted by atomic mass is 10.3. The van der Waals surface area contributed by atoms with Crippen molar-refractivity contribution in [2.75, 3.05) is 0 Å². The van der Waals surface area contributed by atoms with Gasteiger partial charge in [0.2, 0.25) is 0 Å². The minimum absolute atomic E-state index is 0.341. The third-order valence-electron chi connectivity index (χ3n) is 1.23. The van der Waals surface area contributed by atoms with E-state index in [-0.39, 0.29) is 3.55 Å². The molecular formula is C9H13IN2. The van der Waals surface area contributed by atoms with Gasteiger partial charge in [0.05, 0.1) is 5.70 Å². The maximum absolute atomic E-state index is 4.22. The molecule has 0 fully saturated rings. The molecule has 0 saturated heterocycles. The Morgan fingerprint density at radius 1 is 1.58 bits per heavy atom. The van der Waals surface area contributed by atoms with Crippen LogP contribution in [-0.4, -0.2) is 16.0 Å². The Morgan fingerprint density at radius 3 is 2.58 bits per heavy atom. The van der Waals surface area contributed by atoms with Gasteiger partial charge in [0.15, 0.2) is 0 Å². The van der Waals surface area contributed by atoms with Crippen molar-refractivity contribution in [1.82, 2.24) is 0 Å². The van der Waals surface area contributed by atoms with Crippen LogP contribution in [0.2, 0.25) is 0 Å². The fraction of sp³-hybridized carbons (Fsp3) is 0.333. The van der Waals surface area contributed by atoms with Crippen molar-refractivity contribution in [1.29, 1.82) is 0 Å². The van der Waals surface area contributed by atoms with Crippen molar-refractivity contribution < 1.29 is 0 Å². The fourth-order valence-electron chi connectivity index (χ4n) is 0.577. The summed E-state index contributed by atoms with van der Waals surface area (Å²) in [5.74, 6) is 0. The summed E-state index contributed by atoms with van der Waals surface area (Å²) < 4.78 is -0.341. The van der Waals surface area contributed by atoms with Gasteiger partial charge in [0, 0.05) is 6.21 Å². The Morgan fingerprint density at radius 2 is 2.17 bits per heavy atom. The van der Waals surface area contributed by atoms with Gasteiger partial charge in [-0.2, -0.15) is 0 Å². The number of halogens is 1. The monoisotopic (exact) mass is 276 g/mol. The van der Waals surface area contributed by atoms with E-state index >= 15 is 0 Å². The molecule has 0 aromatic carbocycles. The van der Waals surface area contributed by atoms with Gasteiger partial charge in [0.1, 0.15) is 3.55 Å². The van der Waals surface area contributed by atoms with Crippen LogP contribution >= 0.6 is 22.6 Å². The molecule has 0 saturated carbocycles. The SMILES string of the molecule is C=C/C=N\C(=C)C(C)(I)/N=C\C. The van der Waals surface area contributed by atoms with Crippen molar-refractivity contribution in [2.45, 2.75) is 17.4 Å². The van der Waals surface area contributed by atoms with Gasteiger partial charge in [0.25, 0.3) is 0 Å². The van der Waals surface area contributed by atoms with Gasteiger partial charge in [-0.15, -0.1) is 0 Å². The quantitative estimate of drug-likeness (QED) is 0.326. The summed E-state index contributed by atoms with van der Waals surface area (Å²) in [5.41, 5.74) is 0.723. The first-order chi connectivity index (χ1) is 5.54. The third-order valence-corrected chi connectivity index (χ3v) is 2.14. The van der Waals surface area contributed by atoms with E-state index in [1.165, 1.54) is 0 Å². The molecule has 1 atom stereocenters. The molecule has 0 rings (SSSR count). The summed E-state index contributed by atoms with van der Waals surface area (Å²) in [6, 6.07) is 0. The zero-order valence-corrected chi connectivity index (χ0v) is 9.58. The molecule has 66 valence electrons. The van der Waals surface area contributed by atoms with Gasteiger partial charge in [-0.05, 0) is 42.7 Å². The Labute approximate surface area is 87.3 Å². The van der Waals surface area contributed by atoms with Crippen LogP contribution in [0.4, 0.5) is 0 Å². The van der Waals surface area contributed by atoms with E-state index in [1.54, 1.807) is 18.5 Å². The van der Waals surface area contributed by atoms with E-state index in [4.69, 9.17) is 0 Å². The molecule has 12 heavy (non-hydrogen) atoms. The Bertz CT molecular complexity index is 227. The maximum atomic E-state index is 4.22. The number of aliphatic imine (C=N–C) groups is 2. The zero-order valence-electron chi connectivity index (χ0n) is 7.42. The molecule has 0 spiro atoms. The largest absolute Gasteiger partial charge is 0.274 e. The summed E-state index contributed by atoms with van der Waals surface area (Å²) in [4.78, 5) is 8.30. The van der Waals surface area contributed by atoms with Crippen LogP contribution in [0.15, 0.2) is 34.9 Å². The molecule has 0 aromatic rings. The Hall–Kier alpha value is -0.450. The van der Waals surface area contributed by atoms with E-state index in [2.05, 4.69) is 45.7 Å². The van der Waals surface area contributed by atoms with Crippen molar-refractivity contribution in [3.05, 3.63) is 24.9 Å². The number of allylic oxidation sites excluding steroid dienone is 1. The third kappa shape index (κ3) is 3.80. The van der Waals surface area contributed by atoms with Crippen LogP contribution in [0.5, 0.6) is 0 Å². The molecule has 0 heterocycles. The van der Waals surface area contributed by atoms with E-state index in [0.29, 0.717) is 0 Å². The zero-order chi connectivity index (χ0) is 9.61. The second kappa shape index (κ2) is 5.24. The van der Waals surface area contributed by atoms with Crippen LogP contribution in [0.25, 0.3) is 0 Å². The van der Waals surface area contributed by atoms with Gasteiger partial charge >= 0.3 is 0 Å². The van der Waals surface area contributed by atoms with Crippen LogP contribution in [0.1, 0.15) is 13.8 Å². The first-order valence-corrected chi connectivity index (χ1v) is 4.65. The first kappa shape index (κ1) is 11.6. The number of hydrogen-bond acceptors (Lipinski definition) is 2. The predicted molar refractivity (Wildman–Crippen MR) is 64.4 cm³/mol. The fourth-order valence-corrected chi connectivity index (χ4v) is 0.995. The van der Waals surface area contributed by atoms with Crippen LogP contribution in [0.3, 0.4) is 0 Å². The van der Waals surface area contributed by atoms with E-state index in [1.807, 2.05) is 13.8 Å². The molecule has 0 aromatic heterocycles. The van der Waals surface area contributed by atoms with Crippen LogP contribution in [0, 0.1) is 0 Å². The summed E-state index contributed by atoms with van der Waals surface area (Å²) in [6.07, 6.45) is 4.99. The van der Waals surface area contributed by atoms with Gasteiger partial charge in [-0.1, -0.05) is 19.2 Å². The Balaban J connectivity index is 4.45. The second-order valence-electron chi connectivity index (χ2n) is 2.30. The molecule has 0 amide bonds. The van der Waals surface area contributed by atoms with Crippen LogP contribution < -0.4 is 0 Å². The lowest BCUT2D eigenvalue weighted by Crippen LogP contribution is -2.13. The second-order valence-corrected chi connectivity index (χ2v) is 4.40. The standard InChI is InChI=1S/C9H13IN2/c1-5-7-11-8(3)9(4,10)12-6-2/h5-7H,1,3H2,2,4H3/b11-7-,12-6-. The summed E-state index contributed by atoms with van der Waals surface area (Å²) >= 11 is 2.20. The number of alkyl halides is 1. The van der Waals surface area contributed by atoms with Gasteiger partial charge in [-0.25, -0.2) is 0 Å². The molecular weight excluding hydrogens is 263 g/mol. The van der Waals surface area contributed by atoms with Crippen molar-refractivity contribution >= 4 is 35.0 Å². The van der Waals surface area contributed by atoms with Crippen LogP contribution in [-0.2, 0) is 0 Å². The number of nitrogens with zero attached hydrogens (tertiary/aromatic N) is 2. The molecule has 0 bridgehead atoms. The van der Waals surface area contributed by atoms with E-state index in [0.717, 1.165) is 5.70 Å². The van der Waals surface area contributed by atoms with Gasteiger partial charge < -0.3 is 0 Å². The lowest BCUT2D eigenvalue weighted by molar-refractivity contribution is 0.827. The molecule has 1 unspecified atom stereocenters. The van der Waals surface area contributed by atoms with Crippen molar-refractivity contribution in [2.24, 2.45) is 9.98 Å². The summed E-state index contributed by atoms with van der Waals surface area (Å²) in [5, 5.41) is 0. The molecule has 0 aliphatic heterocycles. The minimum atomic E-state index is -0.341. The molecule has 0 radical (unpaired) electrons. The molecule has 0 N–H and O–H groups in total. The minimum Gasteiger partial charge on any atom is -0.274 e. The predicted octanol–water partition coefficient (Wildman–Crippen LogP) is 3.00. The average molecular weight is 276 g/mol.